The van der Waals surface area contributed by atoms with E-state index in [1.807, 2.05) is 18.5 Å². The molecule has 1 fully saturated rings. The maximum atomic E-state index is 12.0. The zero-order valence-electron chi connectivity index (χ0n) is 12.8. The van der Waals surface area contributed by atoms with Crippen molar-refractivity contribution in [1.82, 2.24) is 24.6 Å². The van der Waals surface area contributed by atoms with Crippen molar-refractivity contribution in [3.63, 3.8) is 0 Å². The Morgan fingerprint density at radius 3 is 3.04 bits per heavy atom. The second kappa shape index (κ2) is 6.25. The Bertz CT molecular complexity index is 784. The van der Waals surface area contributed by atoms with E-state index in [0.717, 1.165) is 5.69 Å². The number of nitrogens with zero attached hydrogens (tertiary/aromatic N) is 4. The SMILES string of the molecule is CN(CC(=O)NCc1cn2cccnc2n1)C1CCS(=O)(=O)C1. The van der Waals surface area contributed by atoms with Gasteiger partial charge in [0.05, 0.1) is 30.3 Å². The fourth-order valence-electron chi connectivity index (χ4n) is 2.69. The van der Waals surface area contributed by atoms with Gasteiger partial charge in [-0.2, -0.15) is 0 Å². The molecule has 23 heavy (non-hydrogen) atoms. The number of amides is 1. The number of hydrogen-bond acceptors (Lipinski definition) is 6. The summed E-state index contributed by atoms with van der Waals surface area (Å²) in [6.07, 6.45) is 5.91. The topological polar surface area (TPSA) is 96.7 Å². The van der Waals surface area contributed by atoms with Crippen molar-refractivity contribution in [3.8, 4) is 0 Å². The van der Waals surface area contributed by atoms with Gasteiger partial charge in [0.2, 0.25) is 11.7 Å². The normalized spacial score (nSPS) is 20.2. The largest absolute Gasteiger partial charge is 0.349 e. The quantitative estimate of drug-likeness (QED) is 0.787. The van der Waals surface area contributed by atoms with Crippen molar-refractivity contribution < 1.29 is 13.2 Å². The summed E-state index contributed by atoms with van der Waals surface area (Å²) in [5.41, 5.74) is 0.725. The number of nitrogens with one attached hydrogen (secondary N) is 1. The fraction of sp³-hybridized carbons (Fsp3) is 0.500. The summed E-state index contributed by atoms with van der Waals surface area (Å²) in [5.74, 6) is 0.777. The van der Waals surface area contributed by atoms with Crippen molar-refractivity contribution in [1.29, 1.82) is 0 Å². The Morgan fingerprint density at radius 2 is 2.35 bits per heavy atom. The molecule has 0 radical (unpaired) electrons. The van der Waals surface area contributed by atoms with Crippen LogP contribution in [-0.4, -0.2) is 64.7 Å². The second-order valence-corrected chi connectivity index (χ2v) is 8.04. The summed E-state index contributed by atoms with van der Waals surface area (Å²) in [6, 6.07) is 1.73. The molecule has 8 nitrogen and oxygen atoms in total. The summed E-state index contributed by atoms with van der Waals surface area (Å²) in [7, 11) is -1.16. The molecule has 3 heterocycles. The zero-order chi connectivity index (χ0) is 16.4. The monoisotopic (exact) mass is 337 g/mol. The van der Waals surface area contributed by atoms with E-state index >= 15 is 0 Å². The lowest BCUT2D eigenvalue weighted by Crippen LogP contribution is -2.41. The first-order chi connectivity index (χ1) is 10.9. The van der Waals surface area contributed by atoms with Crippen molar-refractivity contribution in [2.45, 2.75) is 19.0 Å². The molecule has 1 N–H and O–H groups in total. The third-order valence-electron chi connectivity index (χ3n) is 3.98. The van der Waals surface area contributed by atoms with Crippen molar-refractivity contribution in [2.75, 3.05) is 25.1 Å². The summed E-state index contributed by atoms with van der Waals surface area (Å²) in [6.45, 7) is 0.491. The zero-order valence-corrected chi connectivity index (χ0v) is 13.7. The Labute approximate surface area is 134 Å². The van der Waals surface area contributed by atoms with Crippen molar-refractivity contribution >= 4 is 21.5 Å². The predicted octanol–water partition coefficient (Wildman–Crippen LogP) is -0.536. The number of imidazole rings is 1. The van der Waals surface area contributed by atoms with E-state index in [-0.39, 0.29) is 30.0 Å². The number of sulfone groups is 1. The first-order valence-corrected chi connectivity index (χ1v) is 9.21. The average molecular weight is 337 g/mol. The molecule has 0 saturated carbocycles. The third-order valence-corrected chi connectivity index (χ3v) is 5.73. The molecular weight excluding hydrogens is 318 g/mol. The molecule has 2 aromatic heterocycles. The minimum atomic E-state index is -2.94. The molecule has 3 rings (SSSR count). The third kappa shape index (κ3) is 3.85. The molecule has 1 unspecified atom stereocenters. The van der Waals surface area contributed by atoms with Gasteiger partial charge in [-0.25, -0.2) is 18.4 Å². The highest BCUT2D eigenvalue weighted by Crippen LogP contribution is 2.16. The number of carbonyl (C=O) groups excluding carboxylic acids is 1. The first-order valence-electron chi connectivity index (χ1n) is 7.39. The molecule has 0 spiro atoms. The number of likely N-dealkylation sites (N-methyl/N-ethyl adjacent to an activating group) is 1. The van der Waals surface area contributed by atoms with Gasteiger partial charge < -0.3 is 5.32 Å². The molecule has 1 aliphatic rings. The molecule has 0 bridgehead atoms. The maximum Gasteiger partial charge on any atom is 0.234 e. The number of carbonyl (C=O) groups is 1. The molecule has 1 atom stereocenters. The molecule has 2 aromatic rings. The van der Waals surface area contributed by atoms with Gasteiger partial charge in [0.1, 0.15) is 0 Å². The van der Waals surface area contributed by atoms with Crippen LogP contribution in [0.15, 0.2) is 24.7 Å². The van der Waals surface area contributed by atoms with Crippen LogP contribution < -0.4 is 5.32 Å². The second-order valence-electron chi connectivity index (χ2n) is 5.81. The minimum Gasteiger partial charge on any atom is -0.349 e. The van der Waals surface area contributed by atoms with Crippen LogP contribution >= 0.6 is 0 Å². The van der Waals surface area contributed by atoms with E-state index in [1.54, 1.807) is 22.5 Å². The standard InChI is InChI=1S/C14H19N5O3S/c1-18(12-3-6-23(21,22)10-12)9-13(20)16-7-11-8-19-5-2-4-15-14(19)17-11/h2,4-5,8,12H,3,6-7,9-10H2,1H3,(H,16,20). The van der Waals surface area contributed by atoms with Crippen LogP contribution in [0.5, 0.6) is 0 Å². The highest BCUT2D eigenvalue weighted by Gasteiger charge is 2.31. The lowest BCUT2D eigenvalue weighted by Gasteiger charge is -2.22. The minimum absolute atomic E-state index is 0.0786. The van der Waals surface area contributed by atoms with E-state index in [1.165, 1.54) is 0 Å². The van der Waals surface area contributed by atoms with Crippen LogP contribution in [0.1, 0.15) is 12.1 Å². The smallest absolute Gasteiger partial charge is 0.234 e. The van der Waals surface area contributed by atoms with Crippen LogP contribution in [-0.2, 0) is 21.2 Å². The Kier molecular flexibility index (Phi) is 4.31. The summed E-state index contributed by atoms with van der Waals surface area (Å²) >= 11 is 0. The van der Waals surface area contributed by atoms with Crippen LogP contribution in [0.4, 0.5) is 0 Å². The molecular formula is C14H19N5O3S. The van der Waals surface area contributed by atoms with Gasteiger partial charge >= 0.3 is 0 Å². The Balaban J connectivity index is 1.51. The number of hydrogen-bond donors (Lipinski definition) is 1. The van der Waals surface area contributed by atoms with E-state index < -0.39 is 9.84 Å². The van der Waals surface area contributed by atoms with Gasteiger partial charge in [-0.15, -0.1) is 0 Å². The number of aromatic nitrogens is 3. The van der Waals surface area contributed by atoms with Gasteiger partial charge in [0.25, 0.3) is 0 Å². The van der Waals surface area contributed by atoms with E-state index in [9.17, 15) is 13.2 Å². The van der Waals surface area contributed by atoms with Gasteiger partial charge in [-0.1, -0.05) is 0 Å². The van der Waals surface area contributed by atoms with E-state index in [4.69, 9.17) is 0 Å². The van der Waals surface area contributed by atoms with E-state index in [2.05, 4.69) is 15.3 Å². The number of rotatable bonds is 5. The lowest BCUT2D eigenvalue weighted by atomic mass is 10.2. The molecule has 0 aromatic carbocycles. The van der Waals surface area contributed by atoms with Crippen LogP contribution in [0, 0.1) is 0 Å². The average Bonchev–Trinajstić information content (AvgIpc) is 3.07. The van der Waals surface area contributed by atoms with Crippen LogP contribution in [0.2, 0.25) is 0 Å². The highest BCUT2D eigenvalue weighted by atomic mass is 32.2. The van der Waals surface area contributed by atoms with Crippen molar-refractivity contribution in [3.05, 3.63) is 30.4 Å². The van der Waals surface area contributed by atoms with E-state index in [0.29, 0.717) is 18.7 Å². The molecule has 9 heteroatoms. The molecule has 0 aliphatic carbocycles. The van der Waals surface area contributed by atoms with Crippen LogP contribution in [0.3, 0.4) is 0 Å². The van der Waals surface area contributed by atoms with Crippen molar-refractivity contribution in [2.24, 2.45) is 0 Å². The fourth-order valence-corrected chi connectivity index (χ4v) is 4.49. The summed E-state index contributed by atoms with van der Waals surface area (Å²) in [5, 5.41) is 2.80. The maximum absolute atomic E-state index is 12.0. The molecule has 1 saturated heterocycles. The lowest BCUT2D eigenvalue weighted by molar-refractivity contribution is -0.122. The van der Waals surface area contributed by atoms with Gasteiger partial charge in [-0.3, -0.25) is 14.1 Å². The molecule has 1 amide bonds. The predicted molar refractivity (Wildman–Crippen MR) is 84.5 cm³/mol. The Hall–Kier alpha value is -2.00. The Morgan fingerprint density at radius 1 is 1.52 bits per heavy atom. The summed E-state index contributed by atoms with van der Waals surface area (Å²) < 4.78 is 24.8. The first kappa shape index (κ1) is 15.9. The van der Waals surface area contributed by atoms with Crippen LogP contribution in [0.25, 0.3) is 5.78 Å². The van der Waals surface area contributed by atoms with Gasteiger partial charge in [-0.05, 0) is 19.5 Å². The van der Waals surface area contributed by atoms with Gasteiger partial charge in [0, 0.05) is 24.6 Å². The molecule has 1 aliphatic heterocycles. The van der Waals surface area contributed by atoms with Gasteiger partial charge in [0.15, 0.2) is 9.84 Å². The molecule has 124 valence electrons. The number of fused-ring (bicyclic) bond motifs is 1. The summed E-state index contributed by atoms with van der Waals surface area (Å²) in [4.78, 5) is 22.2. The highest BCUT2D eigenvalue weighted by molar-refractivity contribution is 7.91.